The number of benzene rings is 1. The van der Waals surface area contributed by atoms with Crippen molar-refractivity contribution in [3.63, 3.8) is 0 Å². The van der Waals surface area contributed by atoms with E-state index in [1.165, 1.54) is 16.2 Å². The topological polar surface area (TPSA) is 70.6 Å². The van der Waals surface area contributed by atoms with Gasteiger partial charge in [-0.05, 0) is 25.1 Å². The van der Waals surface area contributed by atoms with E-state index in [-0.39, 0.29) is 50.1 Å². The molecule has 1 saturated heterocycles. The summed E-state index contributed by atoms with van der Waals surface area (Å²) in [6, 6.07) is 0.228. The number of carbonyl (C=O) groups is 1. The molecule has 0 atom stereocenters. The van der Waals surface area contributed by atoms with Crippen LogP contribution in [0.1, 0.15) is 26.6 Å². The maximum Gasteiger partial charge on any atom is 0.416 e. The number of nitrogens with zero attached hydrogens (tertiary/aromatic N) is 3. The summed E-state index contributed by atoms with van der Waals surface area (Å²) in [4.78, 5) is 16.7. The fraction of sp³-hybridized carbons (Fsp3) is 0.412. The lowest BCUT2D eigenvalue weighted by molar-refractivity contribution is -0.143. The van der Waals surface area contributed by atoms with E-state index in [0.717, 1.165) is 4.31 Å². The third-order valence-electron chi connectivity index (χ3n) is 4.56. The van der Waals surface area contributed by atoms with Crippen LogP contribution in [0.3, 0.4) is 0 Å². The summed E-state index contributed by atoms with van der Waals surface area (Å²) in [5.41, 5.74) is -3.24. The summed E-state index contributed by atoms with van der Waals surface area (Å²) >= 11 is 1.26. The molecule has 0 radical (unpaired) electrons. The van der Waals surface area contributed by atoms with E-state index in [9.17, 15) is 39.6 Å². The molecule has 0 spiro atoms. The number of aromatic nitrogens is 1. The zero-order valence-electron chi connectivity index (χ0n) is 15.8. The molecule has 31 heavy (non-hydrogen) atoms. The molecule has 3 rings (SSSR count). The average Bonchev–Trinajstić information content (AvgIpc) is 3.12. The Bertz CT molecular complexity index is 1060. The van der Waals surface area contributed by atoms with Crippen molar-refractivity contribution in [2.24, 2.45) is 0 Å². The van der Waals surface area contributed by atoms with Crippen LogP contribution < -0.4 is 0 Å². The van der Waals surface area contributed by atoms with Crippen LogP contribution in [0.5, 0.6) is 0 Å². The second kappa shape index (κ2) is 8.06. The quantitative estimate of drug-likeness (QED) is 0.620. The summed E-state index contributed by atoms with van der Waals surface area (Å²) in [6.07, 6.45) is -10.3. The lowest BCUT2D eigenvalue weighted by Crippen LogP contribution is -2.50. The first-order chi connectivity index (χ1) is 14.2. The van der Waals surface area contributed by atoms with Crippen LogP contribution in [0.4, 0.5) is 26.3 Å². The van der Waals surface area contributed by atoms with Gasteiger partial charge in [0, 0.05) is 31.6 Å². The Kier molecular flexibility index (Phi) is 6.10. The molecule has 6 nitrogen and oxygen atoms in total. The fourth-order valence-corrected chi connectivity index (χ4v) is 5.06. The highest BCUT2D eigenvalue weighted by Gasteiger charge is 2.39. The van der Waals surface area contributed by atoms with Gasteiger partial charge in [-0.3, -0.25) is 4.79 Å². The van der Waals surface area contributed by atoms with Gasteiger partial charge >= 0.3 is 12.4 Å². The Morgan fingerprint density at radius 3 is 1.90 bits per heavy atom. The smallest absolute Gasteiger partial charge is 0.335 e. The molecule has 1 aromatic carbocycles. The normalized spacial score (nSPS) is 16.5. The van der Waals surface area contributed by atoms with Crippen molar-refractivity contribution in [3.05, 3.63) is 45.4 Å². The SMILES string of the molecule is Cc1nc(C(=O)N2CCN(S(=O)(=O)c3cc(C(F)(F)F)cc(C(F)(F)F)c3)CC2)cs1. The van der Waals surface area contributed by atoms with Gasteiger partial charge < -0.3 is 4.90 Å². The first-order valence-corrected chi connectivity index (χ1v) is 11.0. The third-order valence-corrected chi connectivity index (χ3v) is 7.21. The van der Waals surface area contributed by atoms with Crippen molar-refractivity contribution in [1.29, 1.82) is 0 Å². The minimum Gasteiger partial charge on any atom is -0.335 e. The number of carbonyl (C=O) groups excluding carboxylic acids is 1. The monoisotopic (exact) mass is 487 g/mol. The molecular weight excluding hydrogens is 472 g/mol. The average molecular weight is 487 g/mol. The summed E-state index contributed by atoms with van der Waals surface area (Å²) in [5.74, 6) is -0.431. The molecule has 1 fully saturated rings. The fourth-order valence-electron chi connectivity index (χ4n) is 2.98. The maximum atomic E-state index is 13.0. The standard InChI is InChI=1S/C17H15F6N3O3S2/c1-10-24-14(9-30-10)15(27)25-2-4-26(5-3-25)31(28,29)13-7-11(16(18,19)20)6-12(8-13)17(21,22)23/h6-9H,2-5H2,1H3. The largest absolute Gasteiger partial charge is 0.416 e. The third kappa shape index (κ3) is 5.01. The molecule has 1 aliphatic heterocycles. The van der Waals surface area contributed by atoms with E-state index < -0.39 is 44.3 Å². The highest BCUT2D eigenvalue weighted by atomic mass is 32.2. The lowest BCUT2D eigenvalue weighted by Gasteiger charge is -2.33. The van der Waals surface area contributed by atoms with Crippen LogP contribution in [0.25, 0.3) is 0 Å². The molecule has 0 aliphatic carbocycles. The van der Waals surface area contributed by atoms with Crippen LogP contribution in [0.15, 0.2) is 28.5 Å². The molecule has 1 aromatic heterocycles. The zero-order chi connectivity index (χ0) is 23.2. The van der Waals surface area contributed by atoms with E-state index >= 15 is 0 Å². The first kappa shape index (κ1) is 23.5. The van der Waals surface area contributed by atoms with Crippen molar-refractivity contribution in [2.45, 2.75) is 24.2 Å². The van der Waals surface area contributed by atoms with Gasteiger partial charge in [0.25, 0.3) is 5.91 Å². The van der Waals surface area contributed by atoms with Gasteiger partial charge in [0.1, 0.15) is 5.69 Å². The summed E-state index contributed by atoms with van der Waals surface area (Å²) < 4.78 is 105. The molecule has 0 N–H and O–H groups in total. The first-order valence-electron chi connectivity index (χ1n) is 8.70. The molecule has 0 saturated carbocycles. The van der Waals surface area contributed by atoms with Gasteiger partial charge in [-0.2, -0.15) is 30.6 Å². The van der Waals surface area contributed by atoms with Crippen molar-refractivity contribution in [1.82, 2.24) is 14.2 Å². The lowest BCUT2D eigenvalue weighted by atomic mass is 10.1. The molecule has 0 unspecified atom stereocenters. The minimum absolute atomic E-state index is 0.0836. The number of sulfonamides is 1. The highest BCUT2D eigenvalue weighted by molar-refractivity contribution is 7.89. The van der Waals surface area contributed by atoms with Gasteiger partial charge in [0.15, 0.2) is 0 Å². The summed E-state index contributed by atoms with van der Waals surface area (Å²) in [6.45, 7) is 0.971. The number of thiazole rings is 1. The number of piperazine rings is 1. The van der Waals surface area contributed by atoms with E-state index in [1.54, 1.807) is 12.3 Å². The minimum atomic E-state index is -5.16. The van der Waals surface area contributed by atoms with E-state index in [0.29, 0.717) is 5.01 Å². The number of halogens is 6. The van der Waals surface area contributed by atoms with Gasteiger partial charge in [0.2, 0.25) is 10.0 Å². The van der Waals surface area contributed by atoms with Gasteiger partial charge in [-0.1, -0.05) is 0 Å². The summed E-state index contributed by atoms with van der Waals surface area (Å²) in [7, 11) is -4.66. The van der Waals surface area contributed by atoms with E-state index in [2.05, 4.69) is 4.98 Å². The molecule has 2 heterocycles. The van der Waals surface area contributed by atoms with Gasteiger partial charge in [-0.25, -0.2) is 13.4 Å². The Hall–Kier alpha value is -2.19. The number of rotatable bonds is 3. The van der Waals surface area contributed by atoms with Gasteiger partial charge in [0.05, 0.1) is 21.0 Å². The van der Waals surface area contributed by atoms with Crippen LogP contribution in [-0.2, 0) is 22.4 Å². The second-order valence-electron chi connectivity index (χ2n) is 6.69. The van der Waals surface area contributed by atoms with Crippen molar-refractivity contribution < 1.29 is 39.6 Å². The molecule has 0 bridgehead atoms. The van der Waals surface area contributed by atoms with Crippen LogP contribution >= 0.6 is 11.3 Å². The van der Waals surface area contributed by atoms with E-state index in [4.69, 9.17) is 0 Å². The summed E-state index contributed by atoms with van der Waals surface area (Å²) in [5, 5.41) is 2.21. The van der Waals surface area contributed by atoms with Crippen LogP contribution in [-0.4, -0.2) is 54.7 Å². The number of hydrogen-bond acceptors (Lipinski definition) is 5. The Morgan fingerprint density at radius 1 is 0.968 bits per heavy atom. The van der Waals surface area contributed by atoms with E-state index in [1.807, 2.05) is 0 Å². The number of hydrogen-bond donors (Lipinski definition) is 0. The molecule has 14 heteroatoms. The van der Waals surface area contributed by atoms with Crippen LogP contribution in [0, 0.1) is 6.92 Å². The second-order valence-corrected chi connectivity index (χ2v) is 9.69. The Balaban J connectivity index is 1.85. The van der Waals surface area contributed by atoms with Gasteiger partial charge in [-0.15, -0.1) is 11.3 Å². The molecule has 2 aromatic rings. The van der Waals surface area contributed by atoms with Crippen LogP contribution in [0.2, 0.25) is 0 Å². The molecular formula is C17H15F6N3O3S2. The number of alkyl halides is 6. The molecule has 170 valence electrons. The predicted octanol–water partition coefficient (Wildman–Crippen LogP) is 3.64. The Labute approximate surface area is 177 Å². The predicted molar refractivity (Wildman–Crippen MR) is 98.0 cm³/mol. The zero-order valence-corrected chi connectivity index (χ0v) is 17.4. The Morgan fingerprint density at radius 2 is 1.48 bits per heavy atom. The molecule has 1 amide bonds. The maximum absolute atomic E-state index is 13.0. The highest BCUT2D eigenvalue weighted by Crippen LogP contribution is 2.37. The molecule has 1 aliphatic rings. The van der Waals surface area contributed by atoms with Crippen molar-refractivity contribution >= 4 is 27.3 Å². The van der Waals surface area contributed by atoms with Crippen molar-refractivity contribution in [3.8, 4) is 0 Å². The number of aryl methyl sites for hydroxylation is 1. The van der Waals surface area contributed by atoms with Crippen molar-refractivity contribution in [2.75, 3.05) is 26.2 Å². The number of amides is 1.